The summed E-state index contributed by atoms with van der Waals surface area (Å²) in [5, 5.41) is 0.229. The molecule has 0 atom stereocenters. The van der Waals surface area contributed by atoms with Crippen molar-refractivity contribution < 1.29 is 28.6 Å². The monoisotopic (exact) mass is 398 g/mol. The number of amides is 2. The van der Waals surface area contributed by atoms with Gasteiger partial charge in [-0.1, -0.05) is 11.6 Å². The summed E-state index contributed by atoms with van der Waals surface area (Å²) >= 11 is 6.09. The van der Waals surface area contributed by atoms with E-state index in [1.165, 1.54) is 24.1 Å². The highest BCUT2D eigenvalue weighted by atomic mass is 35.5. The first-order chi connectivity index (χ1) is 12.9. The molecule has 1 heterocycles. The van der Waals surface area contributed by atoms with Gasteiger partial charge >= 0.3 is 5.97 Å². The second kappa shape index (κ2) is 9.45. The maximum Gasteiger partial charge on any atom is 0.338 e. The largest absolute Gasteiger partial charge is 0.486 e. The van der Waals surface area contributed by atoms with Crippen LogP contribution in [0.1, 0.15) is 24.2 Å². The average molecular weight is 399 g/mol. The lowest BCUT2D eigenvalue weighted by Crippen LogP contribution is -2.42. The second-order valence-electron chi connectivity index (χ2n) is 5.87. The molecule has 0 fully saturated rings. The Kier molecular flexibility index (Phi) is 7.29. The van der Waals surface area contributed by atoms with Crippen molar-refractivity contribution in [1.82, 2.24) is 9.80 Å². The topological polar surface area (TPSA) is 85.4 Å². The molecule has 1 aromatic carbocycles. The van der Waals surface area contributed by atoms with E-state index in [0.717, 1.165) is 0 Å². The zero-order chi connectivity index (χ0) is 20.0. The highest BCUT2D eigenvalue weighted by molar-refractivity contribution is 6.32. The standard InChI is InChI=1S/C18H23ClN2O6/c1-4-21(5-2)15(22)10-20(3)16(23)11-27-18(24)12-8-13(19)17-14(9-12)25-6-7-26-17/h8-9H,4-7,10-11H2,1-3H3. The molecule has 2 amide bonds. The molecule has 1 aromatic rings. The van der Waals surface area contributed by atoms with E-state index in [2.05, 4.69) is 0 Å². The molecule has 0 saturated carbocycles. The Bertz CT molecular complexity index is 720. The van der Waals surface area contributed by atoms with Crippen LogP contribution in [0.15, 0.2) is 12.1 Å². The summed E-state index contributed by atoms with van der Waals surface area (Å²) in [4.78, 5) is 39.2. The number of likely N-dealkylation sites (N-methyl/N-ethyl adjacent to an activating group) is 2. The number of rotatable bonds is 7. The van der Waals surface area contributed by atoms with Crippen LogP contribution in [0.4, 0.5) is 0 Å². The van der Waals surface area contributed by atoms with Crippen molar-refractivity contribution in [3.05, 3.63) is 22.7 Å². The first kappa shape index (κ1) is 20.8. The van der Waals surface area contributed by atoms with E-state index in [0.29, 0.717) is 37.8 Å². The molecular weight excluding hydrogens is 376 g/mol. The van der Waals surface area contributed by atoms with Gasteiger partial charge in [0.15, 0.2) is 18.1 Å². The van der Waals surface area contributed by atoms with Crippen LogP contribution in [0.5, 0.6) is 11.5 Å². The summed E-state index contributed by atoms with van der Waals surface area (Å²) in [5.74, 6) is -0.627. The molecule has 9 heteroatoms. The molecule has 148 valence electrons. The van der Waals surface area contributed by atoms with Crippen molar-refractivity contribution >= 4 is 29.4 Å². The number of esters is 1. The lowest BCUT2D eigenvalue weighted by Gasteiger charge is -2.23. The van der Waals surface area contributed by atoms with Crippen LogP contribution in [0, 0.1) is 0 Å². The van der Waals surface area contributed by atoms with E-state index in [-0.39, 0.29) is 23.0 Å². The third-order valence-electron chi connectivity index (χ3n) is 4.07. The zero-order valence-electron chi connectivity index (χ0n) is 15.6. The van der Waals surface area contributed by atoms with E-state index in [4.69, 9.17) is 25.8 Å². The highest BCUT2D eigenvalue weighted by Crippen LogP contribution is 2.38. The minimum atomic E-state index is -0.717. The highest BCUT2D eigenvalue weighted by Gasteiger charge is 2.22. The average Bonchev–Trinajstić information content (AvgIpc) is 2.66. The molecule has 8 nitrogen and oxygen atoms in total. The van der Waals surface area contributed by atoms with Gasteiger partial charge in [0.1, 0.15) is 13.2 Å². The zero-order valence-corrected chi connectivity index (χ0v) is 16.4. The van der Waals surface area contributed by atoms with E-state index in [9.17, 15) is 14.4 Å². The number of hydrogen-bond acceptors (Lipinski definition) is 6. The third kappa shape index (κ3) is 5.26. The summed E-state index contributed by atoms with van der Waals surface area (Å²) < 4.78 is 15.8. The molecule has 2 rings (SSSR count). The van der Waals surface area contributed by atoms with E-state index < -0.39 is 18.5 Å². The van der Waals surface area contributed by atoms with Gasteiger partial charge in [-0.3, -0.25) is 9.59 Å². The van der Waals surface area contributed by atoms with Gasteiger partial charge in [-0.05, 0) is 26.0 Å². The predicted octanol–water partition coefficient (Wildman–Crippen LogP) is 1.59. The van der Waals surface area contributed by atoms with E-state index in [1.807, 2.05) is 13.8 Å². The maximum absolute atomic E-state index is 12.2. The van der Waals surface area contributed by atoms with Crippen molar-refractivity contribution in [2.75, 3.05) is 46.5 Å². The van der Waals surface area contributed by atoms with Gasteiger partial charge in [-0.15, -0.1) is 0 Å². The lowest BCUT2D eigenvalue weighted by molar-refractivity contribution is -0.140. The summed E-state index contributed by atoms with van der Waals surface area (Å²) in [7, 11) is 1.48. The van der Waals surface area contributed by atoms with Crippen molar-refractivity contribution in [2.24, 2.45) is 0 Å². The molecule has 0 aromatic heterocycles. The smallest absolute Gasteiger partial charge is 0.338 e. The fourth-order valence-electron chi connectivity index (χ4n) is 2.52. The Morgan fingerprint density at radius 3 is 2.44 bits per heavy atom. The number of carbonyl (C=O) groups excluding carboxylic acids is 3. The summed E-state index contributed by atoms with van der Waals surface area (Å²) in [5.41, 5.74) is 0.152. The first-order valence-corrected chi connectivity index (χ1v) is 9.03. The van der Waals surface area contributed by atoms with Crippen molar-refractivity contribution in [2.45, 2.75) is 13.8 Å². The molecule has 0 saturated heterocycles. The van der Waals surface area contributed by atoms with Crippen LogP contribution >= 0.6 is 11.6 Å². The SMILES string of the molecule is CCN(CC)C(=O)CN(C)C(=O)COC(=O)c1cc(Cl)c2c(c1)OCCO2. The fraction of sp³-hybridized carbons (Fsp3) is 0.500. The number of hydrogen-bond donors (Lipinski definition) is 0. The molecule has 0 radical (unpaired) electrons. The first-order valence-electron chi connectivity index (χ1n) is 8.65. The van der Waals surface area contributed by atoms with Gasteiger partial charge in [0.25, 0.3) is 5.91 Å². The van der Waals surface area contributed by atoms with Crippen LogP contribution in [0.25, 0.3) is 0 Å². The van der Waals surface area contributed by atoms with Crippen LogP contribution in [-0.4, -0.2) is 74.1 Å². The fourth-order valence-corrected chi connectivity index (χ4v) is 2.78. The molecule has 0 N–H and O–H groups in total. The minimum absolute atomic E-state index is 0.0755. The van der Waals surface area contributed by atoms with Crippen LogP contribution in [0.3, 0.4) is 0 Å². The normalized spacial score (nSPS) is 12.3. The summed E-state index contributed by atoms with van der Waals surface area (Å²) in [6.07, 6.45) is 0. The molecule has 27 heavy (non-hydrogen) atoms. The van der Waals surface area contributed by atoms with Gasteiger partial charge < -0.3 is 24.0 Å². The van der Waals surface area contributed by atoms with E-state index >= 15 is 0 Å². The number of halogens is 1. The predicted molar refractivity (Wildman–Crippen MR) is 98.3 cm³/mol. The quantitative estimate of drug-likeness (QED) is 0.648. The maximum atomic E-state index is 12.2. The third-order valence-corrected chi connectivity index (χ3v) is 4.35. The van der Waals surface area contributed by atoms with Gasteiger partial charge in [0.2, 0.25) is 5.91 Å². The van der Waals surface area contributed by atoms with E-state index in [1.54, 1.807) is 4.90 Å². The Balaban J connectivity index is 1.92. The van der Waals surface area contributed by atoms with Gasteiger partial charge in [-0.25, -0.2) is 4.79 Å². The van der Waals surface area contributed by atoms with Gasteiger partial charge in [-0.2, -0.15) is 0 Å². The number of benzene rings is 1. The number of carbonyl (C=O) groups is 3. The Hall–Kier alpha value is -2.48. The Labute approximate surface area is 162 Å². The van der Waals surface area contributed by atoms with Crippen molar-refractivity contribution in [1.29, 1.82) is 0 Å². The van der Waals surface area contributed by atoms with Crippen LogP contribution in [0.2, 0.25) is 5.02 Å². The molecule has 0 spiro atoms. The van der Waals surface area contributed by atoms with Crippen LogP contribution < -0.4 is 9.47 Å². The van der Waals surface area contributed by atoms with Crippen molar-refractivity contribution in [3.63, 3.8) is 0 Å². The summed E-state index contributed by atoms with van der Waals surface area (Å²) in [6.45, 7) is 5.04. The van der Waals surface area contributed by atoms with Crippen LogP contribution in [-0.2, 0) is 14.3 Å². The van der Waals surface area contributed by atoms with Gasteiger partial charge in [0, 0.05) is 20.1 Å². The number of ether oxygens (including phenoxy) is 3. The minimum Gasteiger partial charge on any atom is -0.486 e. The number of nitrogens with zero attached hydrogens (tertiary/aromatic N) is 2. The summed E-state index contributed by atoms with van der Waals surface area (Å²) in [6, 6.07) is 2.86. The lowest BCUT2D eigenvalue weighted by atomic mass is 10.2. The van der Waals surface area contributed by atoms with Gasteiger partial charge in [0.05, 0.1) is 17.1 Å². The van der Waals surface area contributed by atoms with Crippen molar-refractivity contribution in [3.8, 4) is 11.5 Å². The molecule has 1 aliphatic heterocycles. The molecule has 0 bridgehead atoms. The Morgan fingerprint density at radius 1 is 1.11 bits per heavy atom. The number of fused-ring (bicyclic) bond motifs is 1. The molecule has 1 aliphatic rings. The molecular formula is C18H23ClN2O6. The molecule has 0 unspecified atom stereocenters. The molecule has 0 aliphatic carbocycles. The second-order valence-corrected chi connectivity index (χ2v) is 6.28. The Morgan fingerprint density at radius 2 is 1.78 bits per heavy atom.